The summed E-state index contributed by atoms with van der Waals surface area (Å²) in [5, 5.41) is 11.9. The fourth-order valence-corrected chi connectivity index (χ4v) is 6.68. The van der Waals surface area contributed by atoms with E-state index in [9.17, 15) is 22.4 Å². The summed E-state index contributed by atoms with van der Waals surface area (Å²) in [6.07, 6.45) is 2.26. The van der Waals surface area contributed by atoms with Crippen LogP contribution in [-0.4, -0.2) is 72.5 Å². The Bertz CT molecular complexity index is 1110. The monoisotopic (exact) mass is 511 g/mol. The van der Waals surface area contributed by atoms with Crippen LogP contribution in [0.2, 0.25) is 5.02 Å². The molecule has 3 aliphatic heterocycles. The summed E-state index contributed by atoms with van der Waals surface area (Å²) in [7, 11) is -3.71. The zero-order valence-corrected chi connectivity index (χ0v) is 20.2. The maximum Gasteiger partial charge on any atom is 0.282 e. The molecule has 34 heavy (non-hydrogen) atoms. The van der Waals surface area contributed by atoms with Crippen LogP contribution >= 0.6 is 11.6 Å². The number of nitriles is 1. The number of carbonyl (C=O) groups excluding carboxylic acids is 2. The largest absolute Gasteiger partial charge is 0.350 e. The lowest BCUT2D eigenvalue weighted by Gasteiger charge is -2.41. The van der Waals surface area contributed by atoms with E-state index >= 15 is 0 Å². The normalized spacial score (nSPS) is 24.4. The van der Waals surface area contributed by atoms with Crippen molar-refractivity contribution in [3.8, 4) is 6.07 Å². The average molecular weight is 512 g/mol. The van der Waals surface area contributed by atoms with Gasteiger partial charge in [-0.2, -0.15) is 22.3 Å². The highest BCUT2D eigenvalue weighted by Crippen LogP contribution is 2.29. The van der Waals surface area contributed by atoms with Gasteiger partial charge in [-0.25, -0.2) is 4.39 Å². The maximum absolute atomic E-state index is 14.0. The predicted molar refractivity (Wildman–Crippen MR) is 122 cm³/mol. The van der Waals surface area contributed by atoms with Gasteiger partial charge in [-0.3, -0.25) is 9.59 Å². The van der Waals surface area contributed by atoms with Gasteiger partial charge in [0.1, 0.15) is 11.9 Å². The van der Waals surface area contributed by atoms with E-state index < -0.39 is 28.0 Å². The molecule has 3 saturated heterocycles. The maximum atomic E-state index is 14.0. The molecule has 0 unspecified atom stereocenters. The smallest absolute Gasteiger partial charge is 0.282 e. The van der Waals surface area contributed by atoms with E-state index in [-0.39, 0.29) is 48.9 Å². The molecule has 4 rings (SSSR count). The van der Waals surface area contributed by atoms with Gasteiger partial charge in [0.2, 0.25) is 11.8 Å². The number of halogens is 2. The van der Waals surface area contributed by atoms with Gasteiger partial charge in [0.25, 0.3) is 10.2 Å². The van der Waals surface area contributed by atoms with Crippen LogP contribution in [0.1, 0.15) is 31.2 Å². The third-order valence-electron chi connectivity index (χ3n) is 6.72. The number of rotatable bonds is 6. The Morgan fingerprint density at radius 3 is 2.59 bits per heavy atom. The Labute approximate surface area is 203 Å². The minimum Gasteiger partial charge on any atom is -0.350 e. The third-order valence-corrected chi connectivity index (χ3v) is 8.89. The van der Waals surface area contributed by atoms with Gasteiger partial charge in [-0.1, -0.05) is 17.7 Å². The molecule has 0 aromatic heterocycles. The van der Waals surface area contributed by atoms with Crippen molar-refractivity contribution in [3.05, 3.63) is 34.6 Å². The highest BCUT2D eigenvalue weighted by Gasteiger charge is 2.44. The first-order valence-electron chi connectivity index (χ1n) is 11.4. The second-order valence-corrected chi connectivity index (χ2v) is 11.4. The topological polar surface area (TPSA) is 114 Å². The van der Waals surface area contributed by atoms with Crippen LogP contribution in [0.15, 0.2) is 18.2 Å². The van der Waals surface area contributed by atoms with Crippen LogP contribution in [0.3, 0.4) is 0 Å². The zero-order valence-electron chi connectivity index (χ0n) is 18.6. The first kappa shape index (κ1) is 24.9. The number of carbonyl (C=O) groups is 2. The number of piperidine rings is 1. The minimum absolute atomic E-state index is 0.0185. The highest BCUT2D eigenvalue weighted by molar-refractivity contribution is 7.86. The van der Waals surface area contributed by atoms with Gasteiger partial charge in [-0.05, 0) is 37.8 Å². The summed E-state index contributed by atoms with van der Waals surface area (Å²) in [4.78, 5) is 27.7. The lowest BCUT2D eigenvalue weighted by molar-refractivity contribution is -0.142. The Kier molecular flexibility index (Phi) is 7.42. The van der Waals surface area contributed by atoms with Crippen molar-refractivity contribution < 1.29 is 22.4 Å². The minimum atomic E-state index is -3.71. The van der Waals surface area contributed by atoms with E-state index in [4.69, 9.17) is 16.9 Å². The van der Waals surface area contributed by atoms with Crippen LogP contribution in [-0.2, 0) is 26.3 Å². The zero-order chi connectivity index (χ0) is 24.5. The molecule has 1 aromatic carbocycles. The summed E-state index contributed by atoms with van der Waals surface area (Å²) in [5.41, 5.74) is 0.298. The van der Waals surface area contributed by atoms with Crippen LogP contribution in [0.5, 0.6) is 0 Å². The van der Waals surface area contributed by atoms with E-state index in [1.54, 1.807) is 6.07 Å². The average Bonchev–Trinajstić information content (AvgIpc) is 3.27. The molecular formula is C22H27ClFN5O4S. The lowest BCUT2D eigenvalue weighted by atomic mass is 9.97. The number of nitrogens with zero attached hydrogens (tertiary/aromatic N) is 4. The number of hydrogen-bond acceptors (Lipinski definition) is 5. The quantitative estimate of drug-likeness (QED) is 0.621. The van der Waals surface area contributed by atoms with Gasteiger partial charge in [-0.15, -0.1) is 0 Å². The molecule has 3 aliphatic rings. The molecule has 1 N–H and O–H groups in total. The Hall–Kier alpha value is -2.26. The molecule has 184 valence electrons. The predicted octanol–water partition coefficient (Wildman–Crippen LogP) is 1.50. The Morgan fingerprint density at radius 1 is 1.15 bits per heavy atom. The first-order valence-corrected chi connectivity index (χ1v) is 13.1. The van der Waals surface area contributed by atoms with Gasteiger partial charge >= 0.3 is 0 Å². The van der Waals surface area contributed by atoms with Crippen LogP contribution in [0, 0.1) is 29.0 Å². The van der Waals surface area contributed by atoms with Crippen molar-refractivity contribution in [1.82, 2.24) is 18.8 Å². The molecule has 0 aliphatic carbocycles. The SMILES string of the molecule is N#CC1CN(S(=O)(=O)N2CCC[C@H](C(=O)N3CCC[C@@H]3C(=O)NCc3ccc(Cl)cc3F)C2)C1. The van der Waals surface area contributed by atoms with Crippen LogP contribution in [0.25, 0.3) is 0 Å². The number of hydrogen-bond donors (Lipinski definition) is 1. The van der Waals surface area contributed by atoms with Crippen molar-refractivity contribution in [2.45, 2.75) is 38.3 Å². The number of benzene rings is 1. The molecule has 3 fully saturated rings. The highest BCUT2D eigenvalue weighted by atomic mass is 35.5. The standard InChI is InChI=1S/C22H27ClFN5O4S/c23-18-6-5-16(19(24)9-18)11-26-21(30)20-4-2-8-29(20)22(31)17-3-1-7-27(14-17)34(32,33)28-12-15(10-25)13-28/h5-6,9,15,17,20H,1-4,7-8,11-14H2,(H,26,30)/t17-,20+/m0/s1. The Balaban J connectivity index is 1.36. The van der Waals surface area contributed by atoms with Crippen LogP contribution in [0.4, 0.5) is 4.39 Å². The first-order chi connectivity index (χ1) is 16.2. The Morgan fingerprint density at radius 2 is 1.88 bits per heavy atom. The molecule has 0 bridgehead atoms. The summed E-state index contributed by atoms with van der Waals surface area (Å²) in [5.74, 6) is -1.92. The molecule has 2 atom stereocenters. The van der Waals surface area contributed by atoms with E-state index in [1.807, 2.05) is 0 Å². The van der Waals surface area contributed by atoms with Crippen molar-refractivity contribution in [1.29, 1.82) is 5.26 Å². The third kappa shape index (κ3) is 5.05. The van der Waals surface area contributed by atoms with Gasteiger partial charge in [0.05, 0.1) is 17.9 Å². The fraction of sp³-hybridized carbons (Fsp3) is 0.591. The number of nitrogens with one attached hydrogen (secondary N) is 1. The molecule has 2 amide bonds. The molecule has 9 nitrogen and oxygen atoms in total. The summed E-state index contributed by atoms with van der Waals surface area (Å²) in [6, 6.07) is 5.62. The van der Waals surface area contributed by atoms with E-state index in [0.717, 1.165) is 0 Å². The molecule has 0 spiro atoms. The summed E-state index contributed by atoms with van der Waals surface area (Å²) < 4.78 is 42.4. The van der Waals surface area contributed by atoms with Crippen molar-refractivity contribution in [2.75, 3.05) is 32.7 Å². The molecule has 0 radical (unpaired) electrons. The summed E-state index contributed by atoms with van der Waals surface area (Å²) in [6.45, 7) is 1.15. The number of amides is 2. The van der Waals surface area contributed by atoms with Crippen molar-refractivity contribution >= 4 is 33.6 Å². The van der Waals surface area contributed by atoms with Gasteiger partial charge in [0, 0.05) is 49.9 Å². The molecule has 12 heteroatoms. The fourth-order valence-electron chi connectivity index (χ4n) is 4.73. The number of likely N-dealkylation sites (tertiary alicyclic amines) is 1. The van der Waals surface area contributed by atoms with Gasteiger partial charge < -0.3 is 10.2 Å². The van der Waals surface area contributed by atoms with Crippen LogP contribution < -0.4 is 5.32 Å². The molecule has 0 saturated carbocycles. The molecule has 3 heterocycles. The molecular weight excluding hydrogens is 485 g/mol. The van der Waals surface area contributed by atoms with E-state index in [2.05, 4.69) is 11.4 Å². The van der Waals surface area contributed by atoms with E-state index in [1.165, 1.54) is 25.6 Å². The second-order valence-electron chi connectivity index (χ2n) is 8.99. The van der Waals surface area contributed by atoms with Crippen molar-refractivity contribution in [3.63, 3.8) is 0 Å². The summed E-state index contributed by atoms with van der Waals surface area (Å²) >= 11 is 5.76. The van der Waals surface area contributed by atoms with Gasteiger partial charge in [0.15, 0.2) is 0 Å². The second kappa shape index (κ2) is 10.2. The molecule has 1 aromatic rings. The van der Waals surface area contributed by atoms with Crippen molar-refractivity contribution in [2.24, 2.45) is 11.8 Å². The lowest BCUT2D eigenvalue weighted by Crippen LogP contribution is -2.57. The van der Waals surface area contributed by atoms with E-state index in [0.29, 0.717) is 44.3 Å².